The van der Waals surface area contributed by atoms with Crippen molar-refractivity contribution in [2.45, 2.75) is 6.92 Å². The lowest BCUT2D eigenvalue weighted by atomic mass is 10.1. The molecule has 0 aromatic carbocycles. The third kappa shape index (κ3) is 0.825. The van der Waals surface area contributed by atoms with E-state index in [-0.39, 0.29) is 0 Å². The van der Waals surface area contributed by atoms with Gasteiger partial charge in [-0.3, -0.25) is 0 Å². The van der Waals surface area contributed by atoms with E-state index < -0.39 is 0 Å². The lowest BCUT2D eigenvalue weighted by molar-refractivity contribution is 0.906. The van der Waals surface area contributed by atoms with Crippen LogP contribution in [0.15, 0.2) is 18.5 Å². The van der Waals surface area contributed by atoms with Gasteiger partial charge in [0.25, 0.3) is 0 Å². The van der Waals surface area contributed by atoms with Crippen molar-refractivity contribution in [3.05, 3.63) is 24.2 Å². The highest BCUT2D eigenvalue weighted by molar-refractivity contribution is 6.31. The topological polar surface area (TPSA) is 30.2 Å². The molecular formula is C7H8BN3. The molecule has 2 aromatic rings. The molecule has 0 N–H and O–H groups in total. The van der Waals surface area contributed by atoms with E-state index in [4.69, 9.17) is 0 Å². The molecular weight excluding hydrogens is 137 g/mol. The van der Waals surface area contributed by atoms with Crippen molar-refractivity contribution in [2.24, 2.45) is 0 Å². The van der Waals surface area contributed by atoms with Gasteiger partial charge in [0.15, 0.2) is 7.85 Å². The molecule has 0 radical (unpaired) electrons. The number of hydrogen-bond acceptors (Lipinski definition) is 2. The van der Waals surface area contributed by atoms with Crippen LogP contribution in [0.3, 0.4) is 0 Å². The molecule has 0 aliphatic heterocycles. The van der Waals surface area contributed by atoms with Gasteiger partial charge in [-0.25, -0.2) is 9.50 Å². The second-order valence-corrected chi connectivity index (χ2v) is 2.62. The Hall–Kier alpha value is -1.32. The Balaban J connectivity index is 2.94. The van der Waals surface area contributed by atoms with E-state index in [0.717, 1.165) is 16.8 Å². The Bertz CT molecular complexity index is 393. The molecule has 11 heavy (non-hydrogen) atoms. The highest BCUT2D eigenvalue weighted by atomic mass is 15.2. The number of rotatable bonds is 0. The van der Waals surface area contributed by atoms with Crippen LogP contribution in [0.2, 0.25) is 0 Å². The van der Waals surface area contributed by atoms with Crippen LogP contribution in [0.5, 0.6) is 0 Å². The highest BCUT2D eigenvalue weighted by Gasteiger charge is 1.99. The third-order valence-electron chi connectivity index (χ3n) is 1.83. The maximum atomic E-state index is 4.11. The minimum Gasteiger partial charge on any atom is -0.245 e. The first kappa shape index (κ1) is 6.40. The predicted octanol–water partition coefficient (Wildman–Crippen LogP) is -0.704. The Morgan fingerprint density at radius 2 is 2.27 bits per heavy atom. The summed E-state index contributed by atoms with van der Waals surface area (Å²) >= 11 is 0. The minimum absolute atomic E-state index is 1.02. The molecule has 3 nitrogen and oxygen atoms in total. The number of hydrogen-bond donors (Lipinski definition) is 0. The van der Waals surface area contributed by atoms with Crippen LogP contribution in [0.25, 0.3) is 5.52 Å². The van der Waals surface area contributed by atoms with Crippen molar-refractivity contribution in [3.8, 4) is 0 Å². The average Bonchev–Trinajstić information content (AvgIpc) is 2.35. The second-order valence-electron chi connectivity index (χ2n) is 2.62. The fourth-order valence-electron chi connectivity index (χ4n) is 1.19. The maximum absolute atomic E-state index is 4.11. The Labute approximate surface area is 65.5 Å². The van der Waals surface area contributed by atoms with E-state index >= 15 is 0 Å². The SMILES string of the molecule is Bc1ccc2c(C)ncnn12. The summed E-state index contributed by atoms with van der Waals surface area (Å²) in [7, 11) is 2.03. The van der Waals surface area contributed by atoms with E-state index in [1.807, 2.05) is 31.4 Å². The van der Waals surface area contributed by atoms with Crippen molar-refractivity contribution in [2.75, 3.05) is 0 Å². The van der Waals surface area contributed by atoms with Crippen LogP contribution in [0.1, 0.15) is 5.69 Å². The van der Waals surface area contributed by atoms with Crippen molar-refractivity contribution in [1.29, 1.82) is 0 Å². The van der Waals surface area contributed by atoms with Gasteiger partial charge in [-0.05, 0) is 24.6 Å². The number of fused-ring (bicyclic) bond motifs is 1. The van der Waals surface area contributed by atoms with Crippen molar-refractivity contribution >= 4 is 19.0 Å². The van der Waals surface area contributed by atoms with Gasteiger partial charge in [-0.2, -0.15) is 5.10 Å². The van der Waals surface area contributed by atoms with E-state index in [1.54, 1.807) is 6.33 Å². The standard InChI is InChI=1S/C7H8BN3/c1-5-6-2-3-7(8)11(6)10-4-9-5/h2-4H,8H2,1H3. The Morgan fingerprint density at radius 1 is 1.45 bits per heavy atom. The fraction of sp³-hybridized carbons (Fsp3) is 0.143. The summed E-state index contributed by atoms with van der Waals surface area (Å²) in [5.41, 5.74) is 3.25. The molecule has 2 rings (SSSR count). The summed E-state index contributed by atoms with van der Waals surface area (Å²) in [6, 6.07) is 4.07. The fourth-order valence-corrected chi connectivity index (χ4v) is 1.19. The van der Waals surface area contributed by atoms with Gasteiger partial charge in [-0.1, -0.05) is 0 Å². The summed E-state index contributed by atoms with van der Waals surface area (Å²) in [5.74, 6) is 0. The molecule has 2 aromatic heterocycles. The van der Waals surface area contributed by atoms with Crippen LogP contribution in [0, 0.1) is 6.92 Å². The van der Waals surface area contributed by atoms with E-state index in [2.05, 4.69) is 10.1 Å². The van der Waals surface area contributed by atoms with E-state index in [9.17, 15) is 0 Å². The number of nitrogens with zero attached hydrogens (tertiary/aromatic N) is 3. The normalized spacial score (nSPS) is 10.6. The van der Waals surface area contributed by atoms with Gasteiger partial charge in [0.2, 0.25) is 0 Å². The Kier molecular flexibility index (Phi) is 1.21. The van der Waals surface area contributed by atoms with Gasteiger partial charge in [-0.15, -0.1) is 0 Å². The van der Waals surface area contributed by atoms with Gasteiger partial charge in [0.05, 0.1) is 11.2 Å². The smallest absolute Gasteiger partial charge is 0.164 e. The Morgan fingerprint density at radius 3 is 3.00 bits per heavy atom. The van der Waals surface area contributed by atoms with Crippen molar-refractivity contribution in [3.63, 3.8) is 0 Å². The molecule has 0 aliphatic carbocycles. The number of aryl methyl sites for hydroxylation is 1. The summed E-state index contributed by atoms with van der Waals surface area (Å²) in [6.07, 6.45) is 1.58. The van der Waals surface area contributed by atoms with E-state index in [0.29, 0.717) is 0 Å². The lowest BCUT2D eigenvalue weighted by Gasteiger charge is -1.96. The van der Waals surface area contributed by atoms with Gasteiger partial charge in [0.1, 0.15) is 6.33 Å². The molecule has 4 heteroatoms. The molecule has 0 saturated heterocycles. The summed E-state index contributed by atoms with van der Waals surface area (Å²) < 4.78 is 1.89. The molecule has 0 fully saturated rings. The molecule has 0 aliphatic rings. The first-order valence-corrected chi connectivity index (χ1v) is 3.55. The van der Waals surface area contributed by atoms with Gasteiger partial charge < -0.3 is 0 Å². The van der Waals surface area contributed by atoms with Crippen LogP contribution in [-0.2, 0) is 0 Å². The average molecular weight is 145 g/mol. The molecule has 0 spiro atoms. The highest BCUT2D eigenvalue weighted by Crippen LogP contribution is 2.02. The lowest BCUT2D eigenvalue weighted by Crippen LogP contribution is -2.12. The summed E-state index contributed by atoms with van der Waals surface area (Å²) in [5, 5.41) is 4.11. The first-order chi connectivity index (χ1) is 5.29. The minimum atomic E-state index is 1.02. The molecule has 54 valence electrons. The van der Waals surface area contributed by atoms with Crippen LogP contribution < -0.4 is 5.59 Å². The predicted molar refractivity (Wildman–Crippen MR) is 45.9 cm³/mol. The van der Waals surface area contributed by atoms with Gasteiger partial charge in [0, 0.05) is 0 Å². The molecule has 2 heterocycles. The van der Waals surface area contributed by atoms with Crippen molar-refractivity contribution < 1.29 is 0 Å². The molecule has 0 bridgehead atoms. The zero-order chi connectivity index (χ0) is 7.84. The maximum Gasteiger partial charge on any atom is 0.164 e. The van der Waals surface area contributed by atoms with Crippen LogP contribution in [0.4, 0.5) is 0 Å². The van der Waals surface area contributed by atoms with Gasteiger partial charge >= 0.3 is 0 Å². The molecule has 0 atom stereocenters. The largest absolute Gasteiger partial charge is 0.245 e. The molecule has 0 amide bonds. The van der Waals surface area contributed by atoms with Crippen LogP contribution in [-0.4, -0.2) is 22.4 Å². The molecule has 0 saturated carbocycles. The summed E-state index contributed by atoms with van der Waals surface area (Å²) in [6.45, 7) is 1.98. The van der Waals surface area contributed by atoms with E-state index in [1.165, 1.54) is 0 Å². The summed E-state index contributed by atoms with van der Waals surface area (Å²) in [4.78, 5) is 4.09. The zero-order valence-electron chi connectivity index (χ0n) is 6.57. The number of aromatic nitrogens is 3. The van der Waals surface area contributed by atoms with Crippen LogP contribution >= 0.6 is 0 Å². The zero-order valence-corrected chi connectivity index (χ0v) is 6.57. The second kappa shape index (κ2) is 2.08. The molecule has 0 unspecified atom stereocenters. The quantitative estimate of drug-likeness (QED) is 0.458. The van der Waals surface area contributed by atoms with Crippen molar-refractivity contribution in [1.82, 2.24) is 14.6 Å². The monoisotopic (exact) mass is 145 g/mol. The first-order valence-electron chi connectivity index (χ1n) is 3.55. The third-order valence-corrected chi connectivity index (χ3v) is 1.83.